The zero-order valence-electron chi connectivity index (χ0n) is 11.8. The lowest BCUT2D eigenvalue weighted by molar-refractivity contribution is 0.455. The van der Waals surface area contributed by atoms with Crippen molar-refractivity contribution < 1.29 is 0 Å². The van der Waals surface area contributed by atoms with Crippen LogP contribution < -0.4 is 11.1 Å². The molecule has 2 heteroatoms. The second-order valence-corrected chi connectivity index (χ2v) is 6.23. The average Bonchev–Trinajstić information content (AvgIpc) is 2.33. The standard InChI is InChI=1S/C16H26N2/c1-16(2,17)9-10-18-12-13-7-8-14-5-3-4-6-15(14)11-13/h7-8,11,18H,3-6,9-10,12,17H2,1-2H3. The van der Waals surface area contributed by atoms with E-state index in [4.69, 9.17) is 5.73 Å². The quantitative estimate of drug-likeness (QED) is 0.784. The number of aryl methyl sites for hydroxylation is 2. The molecule has 2 rings (SSSR count). The normalized spacial score (nSPS) is 15.5. The minimum Gasteiger partial charge on any atom is -0.326 e. The Bertz CT molecular complexity index is 391. The lowest BCUT2D eigenvalue weighted by Crippen LogP contribution is -2.35. The molecule has 0 fully saturated rings. The van der Waals surface area contributed by atoms with E-state index in [2.05, 4.69) is 37.4 Å². The molecule has 100 valence electrons. The van der Waals surface area contributed by atoms with Crippen LogP contribution in [0.1, 0.15) is 49.8 Å². The van der Waals surface area contributed by atoms with Gasteiger partial charge in [-0.25, -0.2) is 0 Å². The minimum atomic E-state index is -0.0666. The molecule has 1 aliphatic rings. The highest BCUT2D eigenvalue weighted by Gasteiger charge is 2.10. The first-order valence-corrected chi connectivity index (χ1v) is 7.15. The molecular weight excluding hydrogens is 220 g/mol. The van der Waals surface area contributed by atoms with Crippen LogP contribution in [0.3, 0.4) is 0 Å². The smallest absolute Gasteiger partial charge is 0.0205 e. The maximum Gasteiger partial charge on any atom is 0.0205 e. The first-order valence-electron chi connectivity index (χ1n) is 7.15. The fraction of sp³-hybridized carbons (Fsp3) is 0.625. The summed E-state index contributed by atoms with van der Waals surface area (Å²) >= 11 is 0. The molecule has 3 N–H and O–H groups in total. The summed E-state index contributed by atoms with van der Waals surface area (Å²) in [6.07, 6.45) is 6.25. The van der Waals surface area contributed by atoms with Gasteiger partial charge in [0.1, 0.15) is 0 Å². The summed E-state index contributed by atoms with van der Waals surface area (Å²) in [4.78, 5) is 0. The lowest BCUT2D eigenvalue weighted by atomic mass is 9.90. The fourth-order valence-electron chi connectivity index (χ4n) is 2.54. The van der Waals surface area contributed by atoms with Gasteiger partial charge in [0.15, 0.2) is 0 Å². The van der Waals surface area contributed by atoms with Crippen molar-refractivity contribution in [2.45, 2.75) is 58.0 Å². The van der Waals surface area contributed by atoms with E-state index in [1.54, 1.807) is 11.1 Å². The van der Waals surface area contributed by atoms with Gasteiger partial charge in [-0.1, -0.05) is 18.2 Å². The molecule has 0 saturated heterocycles. The van der Waals surface area contributed by atoms with Crippen molar-refractivity contribution >= 4 is 0 Å². The molecular formula is C16H26N2. The van der Waals surface area contributed by atoms with Gasteiger partial charge in [-0.2, -0.15) is 0 Å². The van der Waals surface area contributed by atoms with Crippen molar-refractivity contribution in [3.8, 4) is 0 Å². The van der Waals surface area contributed by atoms with Crippen LogP contribution in [0, 0.1) is 0 Å². The van der Waals surface area contributed by atoms with E-state index in [1.165, 1.54) is 31.2 Å². The number of hydrogen-bond donors (Lipinski definition) is 2. The molecule has 0 bridgehead atoms. The van der Waals surface area contributed by atoms with Gasteiger partial charge in [0.05, 0.1) is 0 Å². The van der Waals surface area contributed by atoms with Gasteiger partial charge in [0.2, 0.25) is 0 Å². The number of benzene rings is 1. The van der Waals surface area contributed by atoms with E-state index < -0.39 is 0 Å². The van der Waals surface area contributed by atoms with Crippen LogP contribution in [0.4, 0.5) is 0 Å². The molecule has 2 nitrogen and oxygen atoms in total. The van der Waals surface area contributed by atoms with E-state index in [-0.39, 0.29) is 5.54 Å². The van der Waals surface area contributed by atoms with Crippen LogP contribution in [0.15, 0.2) is 18.2 Å². The zero-order chi connectivity index (χ0) is 13.0. The third-order valence-corrected chi connectivity index (χ3v) is 3.69. The predicted octanol–water partition coefficient (Wildman–Crippen LogP) is 2.78. The highest BCUT2D eigenvalue weighted by atomic mass is 14.9. The summed E-state index contributed by atoms with van der Waals surface area (Å²) in [5.74, 6) is 0. The predicted molar refractivity (Wildman–Crippen MR) is 77.7 cm³/mol. The van der Waals surface area contributed by atoms with Gasteiger partial charge in [-0.05, 0) is 69.2 Å². The molecule has 0 aromatic heterocycles. The van der Waals surface area contributed by atoms with Gasteiger partial charge in [0, 0.05) is 12.1 Å². The van der Waals surface area contributed by atoms with E-state index in [9.17, 15) is 0 Å². The summed E-state index contributed by atoms with van der Waals surface area (Å²) in [6, 6.07) is 6.97. The number of fused-ring (bicyclic) bond motifs is 1. The molecule has 1 aromatic carbocycles. The Labute approximate surface area is 111 Å². The van der Waals surface area contributed by atoms with E-state index in [0.29, 0.717) is 0 Å². The van der Waals surface area contributed by atoms with Crippen LogP contribution >= 0.6 is 0 Å². The average molecular weight is 246 g/mol. The Morgan fingerprint density at radius 2 is 1.89 bits per heavy atom. The maximum atomic E-state index is 5.97. The zero-order valence-corrected chi connectivity index (χ0v) is 11.8. The van der Waals surface area contributed by atoms with E-state index in [1.807, 2.05) is 0 Å². The summed E-state index contributed by atoms with van der Waals surface area (Å²) in [5.41, 5.74) is 10.4. The van der Waals surface area contributed by atoms with Gasteiger partial charge in [-0.15, -0.1) is 0 Å². The molecule has 0 unspecified atom stereocenters. The van der Waals surface area contributed by atoms with Crippen LogP contribution in [0.2, 0.25) is 0 Å². The second-order valence-electron chi connectivity index (χ2n) is 6.23. The number of hydrogen-bond acceptors (Lipinski definition) is 2. The van der Waals surface area contributed by atoms with Crippen molar-refractivity contribution in [3.05, 3.63) is 34.9 Å². The van der Waals surface area contributed by atoms with Crippen molar-refractivity contribution in [1.29, 1.82) is 0 Å². The molecule has 1 aliphatic carbocycles. The highest BCUT2D eigenvalue weighted by molar-refractivity contribution is 5.33. The van der Waals surface area contributed by atoms with E-state index >= 15 is 0 Å². The van der Waals surface area contributed by atoms with Crippen LogP contribution in [0.5, 0.6) is 0 Å². The van der Waals surface area contributed by atoms with Crippen molar-refractivity contribution in [2.75, 3.05) is 6.54 Å². The molecule has 0 atom stereocenters. The van der Waals surface area contributed by atoms with Crippen molar-refractivity contribution in [3.63, 3.8) is 0 Å². The topological polar surface area (TPSA) is 38.0 Å². The SMILES string of the molecule is CC(C)(N)CCNCc1ccc2c(c1)CCCC2. The van der Waals surface area contributed by atoms with Crippen LogP contribution in [-0.2, 0) is 19.4 Å². The monoisotopic (exact) mass is 246 g/mol. The molecule has 0 saturated carbocycles. The lowest BCUT2D eigenvalue weighted by Gasteiger charge is -2.19. The third-order valence-electron chi connectivity index (χ3n) is 3.69. The summed E-state index contributed by atoms with van der Waals surface area (Å²) in [6.45, 7) is 6.10. The Morgan fingerprint density at radius 1 is 1.17 bits per heavy atom. The summed E-state index contributed by atoms with van der Waals surface area (Å²) < 4.78 is 0. The van der Waals surface area contributed by atoms with Gasteiger partial charge >= 0.3 is 0 Å². The molecule has 0 heterocycles. The van der Waals surface area contributed by atoms with Gasteiger partial charge < -0.3 is 11.1 Å². The number of nitrogens with one attached hydrogen (secondary N) is 1. The van der Waals surface area contributed by atoms with Gasteiger partial charge in [-0.3, -0.25) is 0 Å². The maximum absolute atomic E-state index is 5.97. The molecule has 18 heavy (non-hydrogen) atoms. The molecule has 0 spiro atoms. The van der Waals surface area contributed by atoms with Crippen molar-refractivity contribution in [2.24, 2.45) is 5.73 Å². The fourth-order valence-corrected chi connectivity index (χ4v) is 2.54. The third kappa shape index (κ3) is 4.11. The Morgan fingerprint density at radius 3 is 2.61 bits per heavy atom. The first kappa shape index (κ1) is 13.6. The van der Waals surface area contributed by atoms with Crippen LogP contribution in [-0.4, -0.2) is 12.1 Å². The largest absolute Gasteiger partial charge is 0.326 e. The molecule has 0 amide bonds. The van der Waals surface area contributed by atoms with Crippen molar-refractivity contribution in [1.82, 2.24) is 5.32 Å². The molecule has 0 aliphatic heterocycles. The molecule has 0 radical (unpaired) electrons. The Kier molecular flexibility index (Phi) is 4.41. The minimum absolute atomic E-state index is 0.0666. The van der Waals surface area contributed by atoms with Gasteiger partial charge in [0.25, 0.3) is 0 Å². The highest BCUT2D eigenvalue weighted by Crippen LogP contribution is 2.22. The first-order chi connectivity index (χ1) is 8.54. The number of rotatable bonds is 5. The van der Waals surface area contributed by atoms with E-state index in [0.717, 1.165) is 19.5 Å². The van der Waals surface area contributed by atoms with Crippen LogP contribution in [0.25, 0.3) is 0 Å². The summed E-state index contributed by atoms with van der Waals surface area (Å²) in [5, 5.41) is 3.49. The summed E-state index contributed by atoms with van der Waals surface area (Å²) in [7, 11) is 0. The number of nitrogens with two attached hydrogens (primary N) is 1. The molecule has 1 aromatic rings. The Hall–Kier alpha value is -0.860. The Balaban J connectivity index is 1.83. The second kappa shape index (κ2) is 5.85.